The second-order valence-corrected chi connectivity index (χ2v) is 7.13. The number of halogens is 1. The molecule has 0 atom stereocenters. The fourth-order valence-corrected chi connectivity index (χ4v) is 3.72. The Morgan fingerprint density at radius 3 is 2.50 bits per heavy atom. The van der Waals surface area contributed by atoms with Gasteiger partial charge < -0.3 is 0 Å². The van der Waals surface area contributed by atoms with E-state index in [1.807, 2.05) is 0 Å². The maximum atomic E-state index is 12.8. The molecule has 0 bridgehead atoms. The summed E-state index contributed by atoms with van der Waals surface area (Å²) in [5.74, 6) is -1.14. The van der Waals surface area contributed by atoms with Gasteiger partial charge in [-0.2, -0.15) is 0 Å². The summed E-state index contributed by atoms with van der Waals surface area (Å²) < 4.78 is 37.0. The van der Waals surface area contributed by atoms with Crippen LogP contribution in [0.2, 0.25) is 0 Å². The van der Waals surface area contributed by atoms with Crippen LogP contribution in [0.15, 0.2) is 29.2 Å². The summed E-state index contributed by atoms with van der Waals surface area (Å²) >= 11 is 0.826. The van der Waals surface area contributed by atoms with Crippen LogP contribution in [0.3, 0.4) is 0 Å². The molecule has 0 unspecified atom stereocenters. The number of thiazole rings is 1. The first kappa shape index (κ1) is 14.5. The SMILES string of the molecule is Cc1nc(CS(=O)(=O)c2ccc(F)cc2)c([N+](=O)[O-])s1. The average molecular weight is 316 g/mol. The van der Waals surface area contributed by atoms with Gasteiger partial charge in [0.15, 0.2) is 9.84 Å². The van der Waals surface area contributed by atoms with Gasteiger partial charge in [-0.05, 0) is 42.5 Å². The van der Waals surface area contributed by atoms with Crippen LogP contribution < -0.4 is 0 Å². The third kappa shape index (κ3) is 2.99. The fraction of sp³-hybridized carbons (Fsp3) is 0.182. The van der Waals surface area contributed by atoms with Crippen molar-refractivity contribution in [2.75, 3.05) is 0 Å². The molecule has 1 aromatic heterocycles. The topological polar surface area (TPSA) is 90.2 Å². The Balaban J connectivity index is 2.38. The molecule has 0 N–H and O–H groups in total. The highest BCUT2D eigenvalue weighted by Crippen LogP contribution is 2.29. The Kier molecular flexibility index (Phi) is 3.82. The first-order valence-corrected chi connectivity index (χ1v) is 7.85. The van der Waals surface area contributed by atoms with Gasteiger partial charge in [0.2, 0.25) is 0 Å². The minimum absolute atomic E-state index is 0.0955. The van der Waals surface area contributed by atoms with E-state index in [4.69, 9.17) is 0 Å². The molecule has 0 aliphatic heterocycles. The van der Waals surface area contributed by atoms with Crippen LogP contribution in [0.5, 0.6) is 0 Å². The Morgan fingerprint density at radius 2 is 1.95 bits per heavy atom. The Bertz CT molecular complexity index is 753. The van der Waals surface area contributed by atoms with E-state index >= 15 is 0 Å². The lowest BCUT2D eigenvalue weighted by atomic mass is 10.4. The summed E-state index contributed by atoms with van der Waals surface area (Å²) in [7, 11) is -3.80. The van der Waals surface area contributed by atoms with Gasteiger partial charge >= 0.3 is 5.00 Å². The van der Waals surface area contributed by atoms with Crippen molar-refractivity contribution in [3.05, 3.63) is 50.9 Å². The van der Waals surface area contributed by atoms with Gasteiger partial charge in [0, 0.05) is 0 Å². The number of aromatic nitrogens is 1. The first-order valence-electron chi connectivity index (χ1n) is 5.38. The van der Waals surface area contributed by atoms with Crippen LogP contribution in [-0.4, -0.2) is 18.3 Å². The summed E-state index contributed by atoms with van der Waals surface area (Å²) in [6.45, 7) is 1.56. The highest BCUT2D eigenvalue weighted by molar-refractivity contribution is 7.90. The molecule has 106 valence electrons. The molecule has 0 aliphatic rings. The molecule has 2 rings (SSSR count). The van der Waals surface area contributed by atoms with Gasteiger partial charge in [-0.1, -0.05) is 0 Å². The minimum Gasteiger partial charge on any atom is -0.257 e. The molecule has 1 aromatic carbocycles. The monoisotopic (exact) mass is 316 g/mol. The molecule has 6 nitrogen and oxygen atoms in total. The van der Waals surface area contributed by atoms with E-state index in [-0.39, 0.29) is 15.6 Å². The van der Waals surface area contributed by atoms with Crippen molar-refractivity contribution in [2.45, 2.75) is 17.6 Å². The normalized spacial score (nSPS) is 11.5. The number of hydrogen-bond acceptors (Lipinski definition) is 6. The lowest BCUT2D eigenvalue weighted by molar-refractivity contribution is -0.381. The lowest BCUT2D eigenvalue weighted by Gasteiger charge is -2.02. The third-order valence-corrected chi connectivity index (χ3v) is 5.06. The summed E-state index contributed by atoms with van der Waals surface area (Å²) in [5, 5.41) is 11.0. The van der Waals surface area contributed by atoms with E-state index in [9.17, 15) is 22.9 Å². The van der Waals surface area contributed by atoms with Crippen molar-refractivity contribution in [1.29, 1.82) is 0 Å². The van der Waals surface area contributed by atoms with E-state index in [0.717, 1.165) is 35.6 Å². The lowest BCUT2D eigenvalue weighted by Crippen LogP contribution is -2.07. The number of hydrogen-bond donors (Lipinski definition) is 0. The van der Waals surface area contributed by atoms with Crippen molar-refractivity contribution < 1.29 is 17.7 Å². The Morgan fingerprint density at radius 1 is 1.35 bits per heavy atom. The van der Waals surface area contributed by atoms with Crippen LogP contribution in [0.1, 0.15) is 10.7 Å². The van der Waals surface area contributed by atoms with Crippen LogP contribution in [0, 0.1) is 22.9 Å². The number of rotatable bonds is 4. The minimum atomic E-state index is -3.80. The van der Waals surface area contributed by atoms with Gasteiger partial charge in [0.1, 0.15) is 17.3 Å². The molecule has 0 radical (unpaired) electrons. The van der Waals surface area contributed by atoms with Crippen molar-refractivity contribution in [2.24, 2.45) is 0 Å². The smallest absolute Gasteiger partial charge is 0.257 e. The van der Waals surface area contributed by atoms with E-state index in [0.29, 0.717) is 5.01 Å². The first-order chi connectivity index (χ1) is 9.29. The van der Waals surface area contributed by atoms with Crippen LogP contribution in [0.25, 0.3) is 0 Å². The van der Waals surface area contributed by atoms with Gasteiger partial charge in [0.25, 0.3) is 0 Å². The molecule has 0 aliphatic carbocycles. The Hall–Kier alpha value is -1.87. The number of aryl methyl sites for hydroxylation is 1. The molecule has 0 saturated heterocycles. The van der Waals surface area contributed by atoms with Crippen molar-refractivity contribution >= 4 is 26.2 Å². The van der Waals surface area contributed by atoms with Crippen LogP contribution in [0.4, 0.5) is 9.39 Å². The second-order valence-electron chi connectivity index (χ2n) is 3.95. The maximum absolute atomic E-state index is 12.8. The average Bonchev–Trinajstić information content (AvgIpc) is 2.70. The van der Waals surface area contributed by atoms with E-state index in [2.05, 4.69) is 4.98 Å². The standard InChI is InChI=1S/C11H9FN2O4S2/c1-7-13-10(11(19-7)14(15)16)6-20(17,18)9-4-2-8(12)3-5-9/h2-5H,6H2,1H3. The largest absolute Gasteiger partial charge is 0.348 e. The zero-order valence-corrected chi connectivity index (χ0v) is 11.9. The maximum Gasteiger partial charge on any atom is 0.348 e. The Labute approximate surface area is 118 Å². The highest BCUT2D eigenvalue weighted by Gasteiger charge is 2.26. The molecule has 0 amide bonds. The zero-order valence-electron chi connectivity index (χ0n) is 10.2. The number of sulfone groups is 1. The molecular weight excluding hydrogens is 307 g/mol. The molecule has 0 spiro atoms. The summed E-state index contributed by atoms with van der Waals surface area (Å²) in [5.41, 5.74) is -0.0955. The van der Waals surface area contributed by atoms with Gasteiger partial charge in [0.05, 0.1) is 14.8 Å². The molecule has 20 heavy (non-hydrogen) atoms. The number of nitrogens with zero attached hydrogens (tertiary/aromatic N) is 2. The summed E-state index contributed by atoms with van der Waals surface area (Å²) in [4.78, 5) is 14.0. The predicted molar refractivity (Wildman–Crippen MR) is 70.8 cm³/mol. The summed E-state index contributed by atoms with van der Waals surface area (Å²) in [6.07, 6.45) is 0. The molecule has 1 heterocycles. The van der Waals surface area contributed by atoms with E-state index in [1.165, 1.54) is 0 Å². The molecule has 9 heteroatoms. The quantitative estimate of drug-likeness (QED) is 0.491. The van der Waals surface area contributed by atoms with Gasteiger partial charge in [-0.3, -0.25) is 10.1 Å². The van der Waals surface area contributed by atoms with Crippen LogP contribution in [-0.2, 0) is 15.6 Å². The van der Waals surface area contributed by atoms with Crippen molar-refractivity contribution in [1.82, 2.24) is 4.98 Å². The highest BCUT2D eigenvalue weighted by atomic mass is 32.2. The second kappa shape index (κ2) is 5.25. The van der Waals surface area contributed by atoms with Crippen LogP contribution >= 0.6 is 11.3 Å². The molecule has 0 saturated carbocycles. The third-order valence-electron chi connectivity index (χ3n) is 2.45. The number of benzene rings is 1. The van der Waals surface area contributed by atoms with Crippen molar-refractivity contribution in [3.63, 3.8) is 0 Å². The fourth-order valence-electron chi connectivity index (χ4n) is 1.60. The van der Waals surface area contributed by atoms with E-state index in [1.54, 1.807) is 6.92 Å². The zero-order chi connectivity index (χ0) is 14.9. The van der Waals surface area contributed by atoms with Gasteiger partial charge in [-0.15, -0.1) is 0 Å². The molecular formula is C11H9FN2O4S2. The predicted octanol–water partition coefficient (Wildman–Crippen LogP) is 2.47. The van der Waals surface area contributed by atoms with Gasteiger partial charge in [-0.25, -0.2) is 17.8 Å². The molecule has 0 fully saturated rings. The summed E-state index contributed by atoms with van der Waals surface area (Å²) in [6, 6.07) is 4.28. The van der Waals surface area contributed by atoms with E-state index < -0.39 is 26.3 Å². The number of nitro groups is 1. The molecule has 2 aromatic rings. The van der Waals surface area contributed by atoms with Crippen molar-refractivity contribution in [3.8, 4) is 0 Å².